The number of benzene rings is 5. The fraction of sp³-hybridized carbons (Fsp3) is 0.0789. The van der Waals surface area contributed by atoms with Crippen LogP contribution in [0.3, 0.4) is 0 Å². The quantitative estimate of drug-likeness (QED) is 0.144. The van der Waals surface area contributed by atoms with Crippen molar-refractivity contribution in [3.8, 4) is 11.5 Å². The van der Waals surface area contributed by atoms with Crippen molar-refractivity contribution in [2.75, 3.05) is 16.8 Å². The Kier molecular flexibility index (Phi) is 7.41. The summed E-state index contributed by atoms with van der Waals surface area (Å²) in [7, 11) is 0. The van der Waals surface area contributed by atoms with Gasteiger partial charge in [-0.15, -0.1) is 0 Å². The molecule has 0 spiro atoms. The third-order valence-electron chi connectivity index (χ3n) is 8.11. The molecule has 1 N–H and O–H groups in total. The van der Waals surface area contributed by atoms with Gasteiger partial charge < -0.3 is 19.4 Å². The Hall–Kier alpha value is -6.35. The minimum atomic E-state index is -1.71. The number of ketones is 2. The molecule has 6 aromatic rings. The third kappa shape index (κ3) is 5.44. The molecule has 1 unspecified atom stereocenters. The summed E-state index contributed by atoms with van der Waals surface area (Å²) in [6.45, 7) is 1.27. The van der Waals surface area contributed by atoms with E-state index in [4.69, 9.17) is 9.15 Å². The number of hydrogen-bond donors (Lipinski definition) is 1. The van der Waals surface area contributed by atoms with Crippen molar-refractivity contribution < 1.29 is 23.5 Å². The lowest BCUT2D eigenvalue weighted by Crippen LogP contribution is -2.58. The lowest BCUT2D eigenvalue weighted by Gasteiger charge is -2.47. The number of nitrogens with zero attached hydrogens (tertiary/aromatic N) is 2. The molecule has 0 fully saturated rings. The lowest BCUT2D eigenvalue weighted by molar-refractivity contribution is -0.0127. The van der Waals surface area contributed by atoms with E-state index in [1.165, 1.54) is 6.92 Å². The Morgan fingerprint density at radius 2 is 1.45 bits per heavy atom. The largest absolute Gasteiger partial charge is 0.412 e. The molecule has 0 amide bonds. The van der Waals surface area contributed by atoms with Crippen molar-refractivity contribution in [1.29, 1.82) is 0 Å². The van der Waals surface area contributed by atoms with Crippen molar-refractivity contribution in [3.05, 3.63) is 160 Å². The number of Topliss-reactive ketones (excluding diaryl/α,β-unsaturated/α-hetero) is 2. The average molecular weight is 622 g/mol. The van der Waals surface area contributed by atoms with Gasteiger partial charge in [-0.3, -0.25) is 9.59 Å². The van der Waals surface area contributed by atoms with E-state index in [-0.39, 0.29) is 24.0 Å². The number of para-hydroxylation sites is 2. The van der Waals surface area contributed by atoms with E-state index in [1.807, 2.05) is 6.07 Å². The second-order valence-corrected chi connectivity index (χ2v) is 11.1. The summed E-state index contributed by atoms with van der Waals surface area (Å²) in [5, 5.41) is 3.79. The fourth-order valence-electron chi connectivity index (χ4n) is 5.68. The van der Waals surface area contributed by atoms with Crippen LogP contribution in [0.5, 0.6) is 0 Å². The zero-order chi connectivity index (χ0) is 32.5. The van der Waals surface area contributed by atoms with Gasteiger partial charge in [-0.2, -0.15) is 0 Å². The number of rotatable bonds is 8. The normalized spacial score (nSPS) is 15.3. The van der Waals surface area contributed by atoms with Crippen LogP contribution in [0, 0.1) is 0 Å². The number of esters is 1. The first-order valence-corrected chi connectivity index (χ1v) is 14.9. The highest BCUT2D eigenvalue weighted by atomic mass is 16.6. The van der Waals surface area contributed by atoms with E-state index in [2.05, 4.69) is 10.3 Å². The molecule has 2 heterocycles. The number of fused-ring (bicyclic) bond motifs is 2. The first-order chi connectivity index (χ1) is 22.8. The average Bonchev–Trinajstić information content (AvgIpc) is 3.11. The van der Waals surface area contributed by atoms with Crippen LogP contribution in [0.2, 0.25) is 0 Å². The van der Waals surface area contributed by atoms with E-state index in [0.717, 1.165) is 0 Å². The van der Waals surface area contributed by atoms with Crippen LogP contribution in [-0.4, -0.2) is 29.1 Å². The maximum atomic E-state index is 13.9. The molecule has 9 heteroatoms. The maximum Gasteiger partial charge on any atom is 0.347 e. The molecular weight excluding hydrogens is 594 g/mol. The highest BCUT2D eigenvalue weighted by Gasteiger charge is 2.48. The standard InChI is InChI=1S/C38H27N3O6/c1-24(42)25-15-19-28(20-16-25)38(40-33-14-8-6-12-31(33)37(45)47-38)41(23-34(43)26-9-3-2-4-10-26)29-21-17-27(18-22-29)35-39-32-13-7-5-11-30(32)36(44)46-35/h2-22,40H,23H2,1H3. The predicted molar refractivity (Wildman–Crippen MR) is 177 cm³/mol. The van der Waals surface area contributed by atoms with Crippen LogP contribution in [0.25, 0.3) is 22.4 Å². The molecule has 5 aromatic carbocycles. The van der Waals surface area contributed by atoms with Crippen LogP contribution in [0.4, 0.5) is 11.4 Å². The highest BCUT2D eigenvalue weighted by molar-refractivity contribution is 6.01. The third-order valence-corrected chi connectivity index (χ3v) is 8.11. The van der Waals surface area contributed by atoms with Crippen LogP contribution in [0.15, 0.2) is 137 Å². The molecule has 230 valence electrons. The second kappa shape index (κ2) is 11.9. The summed E-state index contributed by atoms with van der Waals surface area (Å²) in [5.74, 6) is -2.51. The van der Waals surface area contributed by atoms with E-state index in [0.29, 0.717) is 50.1 Å². The Morgan fingerprint density at radius 1 is 0.766 bits per heavy atom. The minimum absolute atomic E-state index is 0.120. The van der Waals surface area contributed by atoms with Crippen molar-refractivity contribution in [2.24, 2.45) is 0 Å². The zero-order valence-electron chi connectivity index (χ0n) is 25.2. The highest BCUT2D eigenvalue weighted by Crippen LogP contribution is 2.41. The van der Waals surface area contributed by atoms with Crippen molar-refractivity contribution in [2.45, 2.75) is 12.8 Å². The minimum Gasteiger partial charge on any atom is -0.412 e. The monoisotopic (exact) mass is 621 g/mol. The first-order valence-electron chi connectivity index (χ1n) is 14.9. The van der Waals surface area contributed by atoms with Crippen LogP contribution >= 0.6 is 0 Å². The van der Waals surface area contributed by atoms with Crippen molar-refractivity contribution in [3.63, 3.8) is 0 Å². The summed E-state index contributed by atoms with van der Waals surface area (Å²) in [6, 6.07) is 36.4. The summed E-state index contributed by atoms with van der Waals surface area (Å²) in [5.41, 5.74) is 3.32. The van der Waals surface area contributed by atoms with Crippen LogP contribution in [0.1, 0.15) is 43.6 Å². The van der Waals surface area contributed by atoms with Gasteiger partial charge in [0.15, 0.2) is 11.6 Å². The number of anilines is 2. The molecule has 0 saturated carbocycles. The van der Waals surface area contributed by atoms with E-state index in [9.17, 15) is 19.2 Å². The molecular formula is C38H27N3O6. The van der Waals surface area contributed by atoms with Crippen molar-refractivity contribution in [1.82, 2.24) is 4.98 Å². The predicted octanol–water partition coefficient (Wildman–Crippen LogP) is 6.84. The van der Waals surface area contributed by atoms with E-state index >= 15 is 0 Å². The van der Waals surface area contributed by atoms with Crippen LogP contribution < -0.4 is 15.8 Å². The fourth-order valence-corrected chi connectivity index (χ4v) is 5.68. The molecule has 1 atom stereocenters. The Morgan fingerprint density at radius 3 is 2.19 bits per heavy atom. The summed E-state index contributed by atoms with van der Waals surface area (Å²) in [6.07, 6.45) is 0. The summed E-state index contributed by atoms with van der Waals surface area (Å²) in [4.78, 5) is 58.5. The number of aromatic nitrogens is 1. The number of carbonyl (C=O) groups is 3. The topological polar surface area (TPSA) is 119 Å². The Labute approximate surface area is 269 Å². The SMILES string of the molecule is CC(=O)c1ccc(C2(N(CC(=O)c3ccccc3)c3ccc(-c4nc5ccccc5c(=O)o4)cc3)Nc3ccccc3C(=O)O2)cc1. The number of nitrogens with one attached hydrogen (secondary N) is 1. The molecule has 9 nitrogen and oxygen atoms in total. The van der Waals surface area contributed by atoms with Gasteiger partial charge >= 0.3 is 11.6 Å². The van der Waals surface area contributed by atoms with Gasteiger partial charge in [0.2, 0.25) is 5.89 Å². The number of hydrogen-bond acceptors (Lipinski definition) is 9. The number of carbonyl (C=O) groups excluding carboxylic acids is 3. The molecule has 7 rings (SSSR count). The molecule has 0 saturated heterocycles. The van der Waals surface area contributed by atoms with E-state index < -0.39 is 17.4 Å². The maximum absolute atomic E-state index is 13.9. The summed E-state index contributed by atoms with van der Waals surface area (Å²) < 4.78 is 11.8. The molecule has 0 aliphatic carbocycles. The summed E-state index contributed by atoms with van der Waals surface area (Å²) >= 11 is 0. The molecule has 0 radical (unpaired) electrons. The second-order valence-electron chi connectivity index (χ2n) is 11.1. The smallest absolute Gasteiger partial charge is 0.347 e. The van der Waals surface area contributed by atoms with Gasteiger partial charge in [0.05, 0.1) is 28.7 Å². The molecule has 1 aromatic heterocycles. The first kappa shape index (κ1) is 29.4. The van der Waals surface area contributed by atoms with E-state index in [1.54, 1.807) is 126 Å². The zero-order valence-corrected chi connectivity index (χ0v) is 25.2. The molecule has 1 aliphatic heterocycles. The lowest BCUT2D eigenvalue weighted by atomic mass is 9.99. The van der Waals surface area contributed by atoms with Crippen molar-refractivity contribution >= 4 is 39.8 Å². The van der Waals surface area contributed by atoms with Gasteiger partial charge in [-0.1, -0.05) is 78.9 Å². The Balaban J connectivity index is 1.38. The Bertz CT molecular complexity index is 2210. The van der Waals surface area contributed by atoms with Gasteiger partial charge in [0.25, 0.3) is 5.85 Å². The molecule has 47 heavy (non-hydrogen) atoms. The number of cyclic esters (lactones) is 1. The van der Waals surface area contributed by atoms with Gasteiger partial charge in [-0.25, -0.2) is 14.6 Å². The molecule has 0 bridgehead atoms. The van der Waals surface area contributed by atoms with Gasteiger partial charge in [0.1, 0.15) is 0 Å². The van der Waals surface area contributed by atoms with Gasteiger partial charge in [-0.05, 0) is 55.5 Å². The van der Waals surface area contributed by atoms with Gasteiger partial charge in [0, 0.05) is 27.9 Å². The molecule has 1 aliphatic rings. The van der Waals surface area contributed by atoms with Crippen LogP contribution in [-0.2, 0) is 10.6 Å². The number of ether oxygens (including phenoxy) is 1.